The standard InChI is InChI=1S/C17H12F3N3O2/c1-2-23-17(25)10-6-4-3-5-9(10)15(22-23)16(24)21-12-8-7-11(18)13(19)14(12)20/h3-8H,2H2,1H3,(H,21,24). The van der Waals surface area contributed by atoms with Gasteiger partial charge in [0.1, 0.15) is 0 Å². The van der Waals surface area contributed by atoms with Crippen molar-refractivity contribution in [2.75, 3.05) is 5.32 Å². The van der Waals surface area contributed by atoms with Crippen molar-refractivity contribution in [1.82, 2.24) is 9.78 Å². The average molecular weight is 347 g/mol. The number of nitrogens with one attached hydrogen (secondary N) is 1. The number of benzene rings is 2. The maximum atomic E-state index is 13.8. The SMILES string of the molecule is CCn1nc(C(=O)Nc2ccc(F)c(F)c2F)c2ccccc2c1=O. The van der Waals surface area contributed by atoms with Crippen LogP contribution < -0.4 is 10.9 Å². The molecule has 0 bridgehead atoms. The van der Waals surface area contributed by atoms with Gasteiger partial charge in [-0.25, -0.2) is 17.9 Å². The highest BCUT2D eigenvalue weighted by Gasteiger charge is 2.20. The molecule has 0 aliphatic rings. The summed E-state index contributed by atoms with van der Waals surface area (Å²) < 4.78 is 41.2. The second-order valence-electron chi connectivity index (χ2n) is 5.19. The molecule has 0 spiro atoms. The Hall–Kier alpha value is -3.16. The molecule has 8 heteroatoms. The molecule has 0 radical (unpaired) electrons. The molecule has 0 saturated carbocycles. The molecule has 0 aliphatic carbocycles. The number of aryl methyl sites for hydroxylation is 1. The van der Waals surface area contributed by atoms with Crippen LogP contribution in [0.3, 0.4) is 0 Å². The Kier molecular flexibility index (Phi) is 4.26. The number of aromatic nitrogens is 2. The van der Waals surface area contributed by atoms with Gasteiger partial charge in [-0.05, 0) is 25.1 Å². The maximum absolute atomic E-state index is 13.8. The van der Waals surface area contributed by atoms with Gasteiger partial charge in [0.25, 0.3) is 11.5 Å². The van der Waals surface area contributed by atoms with Crippen LogP contribution >= 0.6 is 0 Å². The Labute approximate surface area is 139 Å². The first-order chi connectivity index (χ1) is 11.9. The molecule has 0 unspecified atom stereocenters. The van der Waals surface area contributed by atoms with E-state index in [9.17, 15) is 22.8 Å². The molecule has 1 heterocycles. The molecule has 2 aromatic carbocycles. The maximum Gasteiger partial charge on any atom is 0.276 e. The summed E-state index contributed by atoms with van der Waals surface area (Å²) in [5.74, 6) is -5.41. The van der Waals surface area contributed by atoms with E-state index < -0.39 is 29.0 Å². The van der Waals surface area contributed by atoms with Crippen LogP contribution in [0.1, 0.15) is 17.4 Å². The Bertz CT molecular complexity index is 1050. The third-order valence-corrected chi connectivity index (χ3v) is 3.67. The predicted molar refractivity (Wildman–Crippen MR) is 85.9 cm³/mol. The summed E-state index contributed by atoms with van der Waals surface area (Å²) in [4.78, 5) is 24.7. The van der Waals surface area contributed by atoms with Gasteiger partial charge in [0, 0.05) is 11.9 Å². The zero-order valence-electron chi connectivity index (χ0n) is 13.0. The molecule has 3 aromatic rings. The molecular formula is C17H12F3N3O2. The molecule has 0 atom stereocenters. The third kappa shape index (κ3) is 2.86. The molecule has 1 aromatic heterocycles. The molecule has 1 N–H and O–H groups in total. The number of fused-ring (bicyclic) bond motifs is 1. The Balaban J connectivity index is 2.11. The van der Waals surface area contributed by atoms with Crippen LogP contribution in [0.5, 0.6) is 0 Å². The van der Waals surface area contributed by atoms with Gasteiger partial charge >= 0.3 is 0 Å². The third-order valence-electron chi connectivity index (χ3n) is 3.67. The minimum absolute atomic E-state index is 0.124. The fourth-order valence-corrected chi connectivity index (χ4v) is 2.42. The van der Waals surface area contributed by atoms with Gasteiger partial charge in [0.05, 0.1) is 11.1 Å². The summed E-state index contributed by atoms with van der Waals surface area (Å²) in [5, 5.41) is 6.69. The van der Waals surface area contributed by atoms with Crippen LogP contribution in [-0.2, 0) is 6.54 Å². The first kappa shape index (κ1) is 16.7. The molecule has 0 aliphatic heterocycles. The highest BCUT2D eigenvalue weighted by atomic mass is 19.2. The van der Waals surface area contributed by atoms with Crippen molar-refractivity contribution in [3.63, 3.8) is 0 Å². The largest absolute Gasteiger partial charge is 0.318 e. The van der Waals surface area contributed by atoms with E-state index in [-0.39, 0.29) is 28.6 Å². The van der Waals surface area contributed by atoms with Crippen LogP contribution in [0.25, 0.3) is 10.8 Å². The molecule has 25 heavy (non-hydrogen) atoms. The molecule has 1 amide bonds. The van der Waals surface area contributed by atoms with Crippen molar-refractivity contribution in [2.24, 2.45) is 0 Å². The number of halogens is 3. The normalized spacial score (nSPS) is 10.9. The summed E-state index contributed by atoms with van der Waals surface area (Å²) in [6.07, 6.45) is 0. The lowest BCUT2D eigenvalue weighted by Crippen LogP contribution is -2.27. The lowest BCUT2D eigenvalue weighted by molar-refractivity contribution is 0.102. The van der Waals surface area contributed by atoms with Crippen molar-refractivity contribution >= 4 is 22.4 Å². The molecule has 0 saturated heterocycles. The first-order valence-electron chi connectivity index (χ1n) is 7.38. The Morgan fingerprint density at radius 3 is 2.44 bits per heavy atom. The second kappa shape index (κ2) is 6.39. The van der Waals surface area contributed by atoms with E-state index in [1.165, 1.54) is 6.07 Å². The molecule has 0 fully saturated rings. The average Bonchev–Trinajstić information content (AvgIpc) is 2.62. The summed E-state index contributed by atoms with van der Waals surface area (Å²) in [6.45, 7) is 1.91. The molecule has 3 rings (SSSR count). The fraction of sp³-hybridized carbons (Fsp3) is 0.118. The highest BCUT2D eigenvalue weighted by Crippen LogP contribution is 2.21. The fourth-order valence-electron chi connectivity index (χ4n) is 2.42. The van der Waals surface area contributed by atoms with Crippen molar-refractivity contribution < 1.29 is 18.0 Å². The van der Waals surface area contributed by atoms with Gasteiger partial charge in [-0.2, -0.15) is 5.10 Å². The number of nitrogens with zero attached hydrogens (tertiary/aromatic N) is 2. The Morgan fingerprint density at radius 2 is 1.76 bits per heavy atom. The van der Waals surface area contributed by atoms with Crippen LogP contribution in [0, 0.1) is 17.5 Å². The van der Waals surface area contributed by atoms with E-state index in [4.69, 9.17) is 0 Å². The van der Waals surface area contributed by atoms with Crippen molar-refractivity contribution in [2.45, 2.75) is 13.5 Å². The van der Waals surface area contributed by atoms with E-state index >= 15 is 0 Å². The number of rotatable bonds is 3. The molecular weight excluding hydrogens is 335 g/mol. The summed E-state index contributed by atoms with van der Waals surface area (Å²) in [6, 6.07) is 7.94. The summed E-state index contributed by atoms with van der Waals surface area (Å²) in [5.41, 5.74) is -1.01. The van der Waals surface area contributed by atoms with Crippen LogP contribution in [-0.4, -0.2) is 15.7 Å². The Morgan fingerprint density at radius 1 is 1.08 bits per heavy atom. The number of anilines is 1. The van der Waals surface area contributed by atoms with Crippen molar-refractivity contribution in [3.05, 3.63) is 69.9 Å². The highest BCUT2D eigenvalue weighted by molar-refractivity contribution is 6.11. The van der Waals surface area contributed by atoms with Gasteiger partial charge in [0.2, 0.25) is 0 Å². The predicted octanol–water partition coefficient (Wildman–Crippen LogP) is 3.09. The number of hydrogen-bond acceptors (Lipinski definition) is 3. The van der Waals surface area contributed by atoms with Crippen molar-refractivity contribution in [3.8, 4) is 0 Å². The van der Waals surface area contributed by atoms with Gasteiger partial charge < -0.3 is 5.32 Å². The minimum atomic E-state index is -1.69. The lowest BCUT2D eigenvalue weighted by atomic mass is 10.1. The van der Waals surface area contributed by atoms with Crippen LogP contribution in [0.15, 0.2) is 41.2 Å². The summed E-state index contributed by atoms with van der Waals surface area (Å²) >= 11 is 0. The molecule has 5 nitrogen and oxygen atoms in total. The van der Waals surface area contributed by atoms with Gasteiger partial charge in [-0.1, -0.05) is 18.2 Å². The number of carbonyl (C=O) groups excluding carboxylic acids is 1. The first-order valence-corrected chi connectivity index (χ1v) is 7.38. The van der Waals surface area contributed by atoms with Gasteiger partial charge in [0.15, 0.2) is 23.1 Å². The number of carbonyl (C=O) groups is 1. The van der Waals surface area contributed by atoms with E-state index in [0.717, 1.165) is 10.7 Å². The molecule has 128 valence electrons. The lowest BCUT2D eigenvalue weighted by Gasteiger charge is -2.11. The minimum Gasteiger partial charge on any atom is -0.318 e. The van der Waals surface area contributed by atoms with E-state index in [1.54, 1.807) is 25.1 Å². The van der Waals surface area contributed by atoms with E-state index in [1.807, 2.05) is 0 Å². The van der Waals surface area contributed by atoms with Gasteiger partial charge in [-0.3, -0.25) is 9.59 Å². The van der Waals surface area contributed by atoms with Crippen LogP contribution in [0.4, 0.5) is 18.9 Å². The van der Waals surface area contributed by atoms with Crippen molar-refractivity contribution in [1.29, 1.82) is 0 Å². The monoisotopic (exact) mass is 347 g/mol. The zero-order valence-corrected chi connectivity index (χ0v) is 13.0. The topological polar surface area (TPSA) is 64.0 Å². The summed E-state index contributed by atoms with van der Waals surface area (Å²) in [7, 11) is 0. The van der Waals surface area contributed by atoms with Gasteiger partial charge in [-0.15, -0.1) is 0 Å². The smallest absolute Gasteiger partial charge is 0.276 e. The van der Waals surface area contributed by atoms with Crippen LogP contribution in [0.2, 0.25) is 0 Å². The van der Waals surface area contributed by atoms with E-state index in [0.29, 0.717) is 6.07 Å². The zero-order chi connectivity index (χ0) is 18.1. The number of amides is 1. The quantitative estimate of drug-likeness (QED) is 0.741. The number of hydrogen-bond donors (Lipinski definition) is 1. The van der Waals surface area contributed by atoms with E-state index in [2.05, 4.69) is 10.4 Å². The second-order valence-corrected chi connectivity index (χ2v) is 5.19.